The van der Waals surface area contributed by atoms with Gasteiger partial charge in [-0.25, -0.2) is 22.5 Å². The second-order valence-corrected chi connectivity index (χ2v) is 10.7. The summed E-state index contributed by atoms with van der Waals surface area (Å²) in [6, 6.07) is 13.6. The fourth-order valence-electron chi connectivity index (χ4n) is 4.61. The normalized spacial score (nSPS) is 18.3. The number of sulfonamides is 1. The van der Waals surface area contributed by atoms with Gasteiger partial charge in [0.15, 0.2) is 0 Å². The molecular weight excluding hydrogens is 441 g/mol. The molecule has 1 heterocycles. The van der Waals surface area contributed by atoms with Crippen LogP contribution in [0.15, 0.2) is 59.7 Å². The first-order valence-electron chi connectivity index (χ1n) is 11.0. The van der Waals surface area contributed by atoms with Crippen molar-refractivity contribution < 1.29 is 12.8 Å². The summed E-state index contributed by atoms with van der Waals surface area (Å²) in [5.41, 5.74) is 3.75. The molecule has 3 aromatic rings. The van der Waals surface area contributed by atoms with Gasteiger partial charge in [0, 0.05) is 23.6 Å². The molecule has 0 bridgehead atoms. The van der Waals surface area contributed by atoms with Crippen LogP contribution in [0, 0.1) is 5.82 Å². The van der Waals surface area contributed by atoms with Gasteiger partial charge in [0.25, 0.3) is 5.56 Å². The maximum atomic E-state index is 13.7. The quantitative estimate of drug-likeness (QED) is 0.595. The van der Waals surface area contributed by atoms with Crippen LogP contribution < -0.4 is 10.3 Å². The lowest BCUT2D eigenvalue weighted by Crippen LogP contribution is -2.45. The summed E-state index contributed by atoms with van der Waals surface area (Å²) in [5, 5.41) is 0. The maximum absolute atomic E-state index is 13.7. The van der Waals surface area contributed by atoms with Gasteiger partial charge in [-0.05, 0) is 61.9 Å². The number of nitrogens with one attached hydrogen (secondary N) is 1. The van der Waals surface area contributed by atoms with Crippen molar-refractivity contribution in [3.8, 4) is 11.1 Å². The van der Waals surface area contributed by atoms with E-state index in [1.807, 2.05) is 44.2 Å². The van der Waals surface area contributed by atoms with Crippen LogP contribution >= 0.6 is 0 Å². The lowest BCUT2D eigenvalue weighted by atomic mass is 9.78. The molecule has 0 amide bonds. The van der Waals surface area contributed by atoms with Gasteiger partial charge in [-0.3, -0.25) is 9.36 Å². The van der Waals surface area contributed by atoms with E-state index in [4.69, 9.17) is 0 Å². The minimum atomic E-state index is -3.47. The maximum Gasteiger partial charge on any atom is 0.257 e. The molecule has 1 aliphatic rings. The minimum Gasteiger partial charge on any atom is -0.296 e. The molecule has 0 saturated carbocycles. The molecule has 0 spiro atoms. The van der Waals surface area contributed by atoms with E-state index in [0.717, 1.165) is 28.6 Å². The van der Waals surface area contributed by atoms with Gasteiger partial charge in [0.05, 0.1) is 18.3 Å². The number of benzene rings is 2. The molecule has 0 radical (unpaired) electrons. The number of hydrogen-bond donors (Lipinski definition) is 1. The van der Waals surface area contributed by atoms with Crippen molar-refractivity contribution in [1.82, 2.24) is 14.3 Å². The van der Waals surface area contributed by atoms with Crippen LogP contribution in [0.5, 0.6) is 0 Å². The summed E-state index contributed by atoms with van der Waals surface area (Å²) in [7, 11) is -3.47. The van der Waals surface area contributed by atoms with Gasteiger partial charge in [-0.15, -0.1) is 0 Å². The molecule has 0 fully saturated rings. The van der Waals surface area contributed by atoms with Gasteiger partial charge in [0.1, 0.15) is 5.82 Å². The zero-order chi connectivity index (χ0) is 23.8. The summed E-state index contributed by atoms with van der Waals surface area (Å²) < 4.78 is 42.3. The number of fused-ring (bicyclic) bond motifs is 1. The van der Waals surface area contributed by atoms with E-state index in [9.17, 15) is 17.6 Å². The molecule has 4 rings (SSSR count). The Bertz CT molecular complexity index is 1330. The molecule has 0 saturated heterocycles. The number of rotatable bonds is 6. The molecule has 2 atom stereocenters. The van der Waals surface area contributed by atoms with E-state index >= 15 is 0 Å². The molecule has 1 N–H and O–H groups in total. The molecule has 1 aliphatic carbocycles. The zero-order valence-electron chi connectivity index (χ0n) is 19.0. The minimum absolute atomic E-state index is 0.0597. The van der Waals surface area contributed by atoms with E-state index in [-0.39, 0.29) is 23.3 Å². The smallest absolute Gasteiger partial charge is 0.257 e. The highest BCUT2D eigenvalue weighted by Crippen LogP contribution is 2.33. The van der Waals surface area contributed by atoms with Gasteiger partial charge >= 0.3 is 0 Å². The Kier molecular flexibility index (Phi) is 6.50. The molecular formula is C25H28FN3O3S. The summed E-state index contributed by atoms with van der Waals surface area (Å²) >= 11 is 0. The van der Waals surface area contributed by atoms with Gasteiger partial charge < -0.3 is 0 Å². The van der Waals surface area contributed by atoms with Crippen LogP contribution in [0.3, 0.4) is 0 Å². The Labute approximate surface area is 193 Å². The highest BCUT2D eigenvalue weighted by molar-refractivity contribution is 7.88. The lowest BCUT2D eigenvalue weighted by molar-refractivity contribution is 0.413. The Morgan fingerprint density at radius 2 is 1.85 bits per heavy atom. The number of aromatic nitrogens is 2. The average Bonchev–Trinajstić information content (AvgIpc) is 2.74. The number of halogens is 1. The van der Waals surface area contributed by atoms with Gasteiger partial charge in [-0.2, -0.15) is 0 Å². The lowest BCUT2D eigenvalue weighted by Gasteiger charge is -2.33. The first-order chi connectivity index (χ1) is 15.6. The van der Waals surface area contributed by atoms with Gasteiger partial charge in [0.2, 0.25) is 10.0 Å². The van der Waals surface area contributed by atoms with Crippen molar-refractivity contribution in [2.24, 2.45) is 0 Å². The molecule has 174 valence electrons. The highest BCUT2D eigenvalue weighted by Gasteiger charge is 2.35. The van der Waals surface area contributed by atoms with Crippen molar-refractivity contribution in [2.75, 3.05) is 6.26 Å². The van der Waals surface area contributed by atoms with Gasteiger partial charge in [-0.1, -0.05) is 36.4 Å². The SMILES string of the molecule is CC(C)n1cnc2c(c1=O)[C@@H](Cc1cccc(-c3cccc(F)c3)c1)[C@@H](NS(C)(=O)=O)CC2. The Morgan fingerprint density at radius 1 is 1.15 bits per heavy atom. The summed E-state index contributed by atoms with van der Waals surface area (Å²) in [6.07, 6.45) is 4.28. The summed E-state index contributed by atoms with van der Waals surface area (Å²) in [4.78, 5) is 17.9. The number of aryl methyl sites for hydroxylation is 1. The third kappa shape index (κ3) is 5.23. The van der Waals surface area contributed by atoms with Crippen LogP contribution in [-0.4, -0.2) is 30.3 Å². The first kappa shape index (κ1) is 23.3. The standard InChI is InChI=1S/C25H28FN3O3S/c1-16(2)29-15-27-23-11-10-22(28-33(3,31)32)21(24(23)25(29)30)13-17-6-4-7-18(12-17)19-8-5-9-20(26)14-19/h4-9,12,14-16,21-22,28H,10-11,13H2,1-3H3/t21-,22-/m0/s1. The Morgan fingerprint density at radius 3 is 2.52 bits per heavy atom. The molecule has 1 aromatic heterocycles. The second kappa shape index (κ2) is 9.19. The van der Waals surface area contributed by atoms with Crippen LogP contribution in [0.2, 0.25) is 0 Å². The first-order valence-corrected chi connectivity index (χ1v) is 12.9. The summed E-state index contributed by atoms with van der Waals surface area (Å²) in [6.45, 7) is 3.84. The van der Waals surface area contributed by atoms with Crippen LogP contribution in [-0.2, 0) is 22.9 Å². The van der Waals surface area contributed by atoms with Crippen LogP contribution in [0.4, 0.5) is 4.39 Å². The third-order valence-corrected chi connectivity index (χ3v) is 6.86. The Balaban J connectivity index is 1.78. The third-order valence-electron chi connectivity index (χ3n) is 6.12. The topological polar surface area (TPSA) is 81.1 Å². The highest BCUT2D eigenvalue weighted by atomic mass is 32.2. The molecule has 0 aliphatic heterocycles. The zero-order valence-corrected chi connectivity index (χ0v) is 19.8. The van der Waals surface area contributed by atoms with Crippen molar-refractivity contribution in [2.45, 2.75) is 51.1 Å². The molecule has 33 heavy (non-hydrogen) atoms. The van der Waals surface area contributed by atoms with Crippen LogP contribution in [0.1, 0.15) is 49.0 Å². The van der Waals surface area contributed by atoms with Crippen molar-refractivity contribution >= 4 is 10.0 Å². The monoisotopic (exact) mass is 469 g/mol. The predicted octanol–water partition coefficient (Wildman–Crippen LogP) is 3.82. The number of hydrogen-bond acceptors (Lipinski definition) is 4. The van der Waals surface area contributed by atoms with Crippen LogP contribution in [0.25, 0.3) is 11.1 Å². The Hall–Kier alpha value is -2.84. The second-order valence-electron chi connectivity index (χ2n) is 8.97. The van der Waals surface area contributed by atoms with Crippen molar-refractivity contribution in [1.29, 1.82) is 0 Å². The fourth-order valence-corrected chi connectivity index (χ4v) is 5.44. The van der Waals surface area contributed by atoms with E-state index in [0.29, 0.717) is 24.8 Å². The van der Waals surface area contributed by atoms with E-state index in [1.165, 1.54) is 12.1 Å². The molecule has 0 unspecified atom stereocenters. The fraction of sp³-hybridized carbons (Fsp3) is 0.360. The van der Waals surface area contributed by atoms with Crippen molar-refractivity contribution in [3.05, 3.63) is 87.9 Å². The van der Waals surface area contributed by atoms with Crippen molar-refractivity contribution in [3.63, 3.8) is 0 Å². The van der Waals surface area contributed by atoms with E-state index < -0.39 is 16.1 Å². The molecule has 2 aromatic carbocycles. The number of nitrogens with zero attached hydrogens (tertiary/aromatic N) is 2. The molecule has 6 nitrogen and oxygen atoms in total. The average molecular weight is 470 g/mol. The van der Waals surface area contributed by atoms with E-state index in [1.54, 1.807) is 17.0 Å². The summed E-state index contributed by atoms with van der Waals surface area (Å²) in [5.74, 6) is -0.672. The largest absolute Gasteiger partial charge is 0.296 e. The predicted molar refractivity (Wildman–Crippen MR) is 127 cm³/mol. The van der Waals surface area contributed by atoms with E-state index in [2.05, 4.69) is 9.71 Å². The molecule has 8 heteroatoms.